The molecule has 4 rings (SSSR count). The van der Waals surface area contributed by atoms with Crippen molar-refractivity contribution in [3.8, 4) is 0 Å². The van der Waals surface area contributed by atoms with Gasteiger partial charge >= 0.3 is 18.2 Å². The molecule has 0 radical (unpaired) electrons. The zero-order valence-corrected chi connectivity index (χ0v) is 37.6. The highest BCUT2D eigenvalue weighted by Gasteiger charge is 2.24. The zero-order chi connectivity index (χ0) is 43.1. The van der Waals surface area contributed by atoms with Crippen molar-refractivity contribution in [1.82, 2.24) is 19.8 Å². The number of ether oxygens (including phenoxy) is 2. The van der Waals surface area contributed by atoms with Crippen molar-refractivity contribution in [2.24, 2.45) is 0 Å². The standard InChI is InChI=1S/C20H27BrN4O3.C11H12BrN3.C9H17NO4.CH4/c1-6-22-18-14-9-8-13(21)10-15(14)23-11-16(18)24-17(26)12-25(7-2)19(27)28-20(3,4)5;1-2-14-11-8-4-3-7(12)5-10(8)15-6-9(11)13;1-5-10(6-7(11)12)8(13)14-9(2,3)4;/h8-11H,6-7,12H2,1-5H3,(H,22,23)(H,24,26);3-6H,2,13H2,1H3,(H,14,15);5-6H2,1-4H3,(H,11,12);1H4. The molecular weight excluding hydrogens is 876 g/mol. The summed E-state index contributed by atoms with van der Waals surface area (Å²) in [4.78, 5) is 57.8. The lowest BCUT2D eigenvalue weighted by Crippen LogP contribution is -2.41. The Kier molecular flexibility index (Phi) is 20.7. The molecule has 58 heavy (non-hydrogen) atoms. The van der Waals surface area contributed by atoms with E-state index in [2.05, 4.69) is 57.8 Å². The fourth-order valence-electron chi connectivity index (χ4n) is 4.98. The lowest BCUT2D eigenvalue weighted by atomic mass is 10.1. The van der Waals surface area contributed by atoms with E-state index in [1.807, 2.05) is 50.2 Å². The van der Waals surface area contributed by atoms with Gasteiger partial charge in [0, 0.05) is 45.9 Å². The van der Waals surface area contributed by atoms with Crippen LogP contribution in [0.4, 0.5) is 32.3 Å². The maximum Gasteiger partial charge on any atom is 0.410 e. The highest BCUT2D eigenvalue weighted by atomic mass is 79.9. The molecule has 3 amide bonds. The molecule has 4 aromatic rings. The van der Waals surface area contributed by atoms with Crippen LogP contribution in [0.1, 0.15) is 76.7 Å². The van der Waals surface area contributed by atoms with Crippen LogP contribution < -0.4 is 21.7 Å². The molecule has 320 valence electrons. The molecule has 15 nitrogen and oxygen atoms in total. The minimum atomic E-state index is -1.04. The molecular formula is C41H60Br2N8O7. The Morgan fingerprint density at radius 2 is 1.16 bits per heavy atom. The van der Waals surface area contributed by atoms with Crippen LogP contribution in [0.25, 0.3) is 21.8 Å². The van der Waals surface area contributed by atoms with E-state index in [-0.39, 0.29) is 26.4 Å². The number of nitrogens with zero attached hydrogens (tertiary/aromatic N) is 4. The molecule has 0 unspecified atom stereocenters. The molecule has 0 fully saturated rings. The average Bonchev–Trinajstić information content (AvgIpc) is 3.10. The molecule has 0 spiro atoms. The van der Waals surface area contributed by atoms with Gasteiger partial charge in [0.15, 0.2) is 0 Å². The van der Waals surface area contributed by atoms with Crippen LogP contribution in [0.5, 0.6) is 0 Å². The first-order valence-corrected chi connectivity index (χ1v) is 20.1. The summed E-state index contributed by atoms with van der Waals surface area (Å²) in [6, 6.07) is 11.8. The third-order valence-electron chi connectivity index (χ3n) is 7.40. The second kappa shape index (κ2) is 23.5. The van der Waals surface area contributed by atoms with Crippen LogP contribution >= 0.6 is 31.9 Å². The molecule has 0 bridgehead atoms. The van der Waals surface area contributed by atoms with Crippen LogP contribution in [0.2, 0.25) is 0 Å². The minimum Gasteiger partial charge on any atom is -0.480 e. The number of amides is 3. The summed E-state index contributed by atoms with van der Waals surface area (Å²) in [6.07, 6.45) is 2.20. The van der Waals surface area contributed by atoms with Gasteiger partial charge in [-0.25, -0.2) is 9.59 Å². The second-order valence-corrected chi connectivity index (χ2v) is 16.3. The largest absolute Gasteiger partial charge is 0.480 e. The summed E-state index contributed by atoms with van der Waals surface area (Å²) in [5.74, 6) is -1.36. The number of pyridine rings is 2. The summed E-state index contributed by atoms with van der Waals surface area (Å²) >= 11 is 6.87. The van der Waals surface area contributed by atoms with Crippen molar-refractivity contribution in [1.29, 1.82) is 0 Å². The van der Waals surface area contributed by atoms with E-state index in [1.165, 1.54) is 4.90 Å². The van der Waals surface area contributed by atoms with Crippen molar-refractivity contribution in [2.45, 2.75) is 87.9 Å². The second-order valence-electron chi connectivity index (χ2n) is 14.4. The van der Waals surface area contributed by atoms with Gasteiger partial charge in [-0.15, -0.1) is 0 Å². The van der Waals surface area contributed by atoms with Crippen molar-refractivity contribution in [3.63, 3.8) is 0 Å². The van der Waals surface area contributed by atoms with Gasteiger partial charge in [-0.3, -0.25) is 29.4 Å². The number of hydrogen-bond donors (Lipinski definition) is 5. The first-order chi connectivity index (χ1) is 26.6. The number of nitrogens with one attached hydrogen (secondary N) is 3. The number of nitrogens with two attached hydrogens (primary N) is 1. The van der Waals surface area contributed by atoms with Gasteiger partial charge in [-0.2, -0.15) is 0 Å². The maximum atomic E-state index is 12.6. The highest BCUT2D eigenvalue weighted by molar-refractivity contribution is 9.10. The predicted octanol–water partition coefficient (Wildman–Crippen LogP) is 9.60. The molecule has 0 aliphatic heterocycles. The number of halogens is 2. The smallest absolute Gasteiger partial charge is 0.410 e. The zero-order valence-electron chi connectivity index (χ0n) is 34.4. The monoisotopic (exact) mass is 934 g/mol. The number of rotatable bonds is 11. The van der Waals surface area contributed by atoms with E-state index in [9.17, 15) is 19.2 Å². The molecule has 0 aliphatic rings. The number of nitrogen functional groups attached to an aromatic ring is 1. The molecule has 0 saturated carbocycles. The van der Waals surface area contributed by atoms with Gasteiger partial charge in [-0.1, -0.05) is 39.3 Å². The van der Waals surface area contributed by atoms with Crippen molar-refractivity contribution < 1.29 is 33.8 Å². The van der Waals surface area contributed by atoms with Gasteiger partial charge in [0.2, 0.25) is 5.91 Å². The summed E-state index contributed by atoms with van der Waals surface area (Å²) in [5, 5.41) is 19.9. The number of carboxylic acid groups (broad SMARTS) is 1. The topological polar surface area (TPSA) is 201 Å². The van der Waals surface area contributed by atoms with Crippen LogP contribution in [0.3, 0.4) is 0 Å². The van der Waals surface area contributed by atoms with Gasteiger partial charge in [0.25, 0.3) is 0 Å². The molecule has 2 heterocycles. The Balaban J connectivity index is 0.000000474. The number of carbonyl (C=O) groups is 4. The third kappa shape index (κ3) is 16.9. The Labute approximate surface area is 359 Å². The quantitative estimate of drug-likeness (QED) is 0.0955. The predicted molar refractivity (Wildman–Crippen MR) is 242 cm³/mol. The number of fused-ring (bicyclic) bond motifs is 2. The minimum absolute atomic E-state index is 0. The Hall–Kier alpha value is -4.90. The van der Waals surface area contributed by atoms with Crippen molar-refractivity contribution in [2.75, 3.05) is 61.0 Å². The van der Waals surface area contributed by atoms with Gasteiger partial charge < -0.3 is 36.3 Å². The maximum absolute atomic E-state index is 12.6. The Morgan fingerprint density at radius 3 is 1.59 bits per heavy atom. The highest BCUT2D eigenvalue weighted by Crippen LogP contribution is 2.32. The fourth-order valence-corrected chi connectivity index (χ4v) is 5.67. The van der Waals surface area contributed by atoms with E-state index in [0.717, 1.165) is 53.6 Å². The number of hydrogen-bond acceptors (Lipinski definition) is 11. The Morgan fingerprint density at radius 1 is 0.724 bits per heavy atom. The average molecular weight is 937 g/mol. The molecule has 17 heteroatoms. The molecule has 0 aliphatic carbocycles. The Bertz CT molecular complexity index is 2000. The van der Waals surface area contributed by atoms with E-state index < -0.39 is 29.4 Å². The number of carbonyl (C=O) groups excluding carboxylic acids is 3. The molecule has 2 aromatic heterocycles. The lowest BCUT2D eigenvalue weighted by molar-refractivity contribution is -0.138. The number of aromatic nitrogens is 2. The van der Waals surface area contributed by atoms with E-state index in [0.29, 0.717) is 31.0 Å². The number of likely N-dealkylation sites (N-methyl/N-ethyl adjacent to an activating group) is 2. The summed E-state index contributed by atoms with van der Waals surface area (Å²) in [7, 11) is 0. The van der Waals surface area contributed by atoms with Gasteiger partial charge in [-0.05, 0) is 106 Å². The first kappa shape index (κ1) is 51.1. The van der Waals surface area contributed by atoms with Crippen LogP contribution in [-0.4, -0.2) is 99.4 Å². The van der Waals surface area contributed by atoms with Crippen LogP contribution in [0.15, 0.2) is 57.7 Å². The van der Waals surface area contributed by atoms with Crippen molar-refractivity contribution in [3.05, 3.63) is 57.7 Å². The molecule has 0 saturated heterocycles. The molecule has 2 aromatic carbocycles. The number of aliphatic carboxylic acids is 1. The first-order valence-electron chi connectivity index (χ1n) is 18.5. The fraction of sp³-hybridized carbons (Fsp3) is 0.463. The van der Waals surface area contributed by atoms with E-state index >= 15 is 0 Å². The lowest BCUT2D eigenvalue weighted by Gasteiger charge is -2.26. The molecule has 6 N–H and O–H groups in total. The molecule has 0 atom stereocenters. The van der Waals surface area contributed by atoms with Crippen LogP contribution in [0, 0.1) is 0 Å². The number of benzene rings is 2. The van der Waals surface area contributed by atoms with Gasteiger partial charge in [0.1, 0.15) is 24.3 Å². The number of anilines is 4. The van der Waals surface area contributed by atoms with E-state index in [4.69, 9.17) is 20.3 Å². The van der Waals surface area contributed by atoms with Gasteiger partial charge in [0.05, 0.1) is 46.2 Å². The van der Waals surface area contributed by atoms with Crippen LogP contribution in [-0.2, 0) is 19.1 Å². The third-order valence-corrected chi connectivity index (χ3v) is 8.39. The number of carboxylic acids is 1. The normalized spacial score (nSPS) is 10.8. The summed E-state index contributed by atoms with van der Waals surface area (Å²) in [6.45, 7) is 19.9. The van der Waals surface area contributed by atoms with Crippen molar-refractivity contribution >= 4 is 100 Å². The summed E-state index contributed by atoms with van der Waals surface area (Å²) in [5.41, 5.74) is 9.44. The van der Waals surface area contributed by atoms with E-state index in [1.54, 1.807) is 67.8 Å². The SMILES string of the molecule is C.CCN(CC(=O)O)C(=O)OC(C)(C)C.CCNc1c(N)cnc2cc(Br)ccc12.CCNc1c(NC(=O)CN(CC)C(=O)OC(C)(C)C)cnc2cc(Br)ccc12. The summed E-state index contributed by atoms with van der Waals surface area (Å²) < 4.78 is 12.3.